The summed E-state index contributed by atoms with van der Waals surface area (Å²) in [5.41, 5.74) is 1.51. The number of benzene rings is 1. The first-order chi connectivity index (χ1) is 9.63. The van der Waals surface area contributed by atoms with Crippen LogP contribution in [0, 0.1) is 0 Å². The molecule has 106 valence electrons. The van der Waals surface area contributed by atoms with Crippen LogP contribution in [0.3, 0.4) is 0 Å². The molecule has 1 amide bonds. The molecule has 3 rings (SSSR count). The summed E-state index contributed by atoms with van der Waals surface area (Å²) in [6.07, 6.45) is -0.841. The van der Waals surface area contributed by atoms with Gasteiger partial charge in [0.25, 0.3) is 6.43 Å². The average molecular weight is 280 g/mol. The number of fused-ring (bicyclic) bond motifs is 1. The minimum Gasteiger partial charge on any atom is -0.337 e. The molecule has 2 aromatic rings. The minimum atomic E-state index is -2.64. The third-order valence-electron chi connectivity index (χ3n) is 3.35. The molecule has 0 spiro atoms. The summed E-state index contributed by atoms with van der Waals surface area (Å²) in [6, 6.07) is 4.70. The molecule has 0 bridgehead atoms. The Balaban J connectivity index is 1.79. The lowest BCUT2D eigenvalue weighted by Gasteiger charge is -2.10. The van der Waals surface area contributed by atoms with Crippen molar-refractivity contribution < 1.29 is 13.6 Å². The molecule has 1 fully saturated rings. The van der Waals surface area contributed by atoms with E-state index in [2.05, 4.69) is 20.6 Å². The predicted molar refractivity (Wildman–Crippen MR) is 70.7 cm³/mol. The maximum atomic E-state index is 12.5. The van der Waals surface area contributed by atoms with E-state index in [9.17, 15) is 13.6 Å². The number of halogens is 2. The lowest BCUT2D eigenvalue weighted by molar-refractivity contribution is -0.117. The first kappa shape index (κ1) is 13.0. The van der Waals surface area contributed by atoms with Gasteiger partial charge in [0.05, 0.1) is 17.1 Å². The second-order valence-electron chi connectivity index (χ2n) is 4.79. The molecule has 1 aromatic carbocycles. The van der Waals surface area contributed by atoms with Crippen molar-refractivity contribution in [2.45, 2.75) is 25.3 Å². The fourth-order valence-corrected chi connectivity index (χ4v) is 2.35. The smallest absolute Gasteiger partial charge is 0.295 e. The highest BCUT2D eigenvalue weighted by Gasteiger charge is 2.22. The monoisotopic (exact) mass is 280 g/mol. The molecule has 1 unspecified atom stereocenters. The third-order valence-corrected chi connectivity index (χ3v) is 3.35. The van der Waals surface area contributed by atoms with Crippen molar-refractivity contribution in [3.05, 3.63) is 24.0 Å². The topological polar surface area (TPSA) is 69.8 Å². The molecule has 2 heterocycles. The fourth-order valence-electron chi connectivity index (χ4n) is 2.35. The maximum Gasteiger partial charge on any atom is 0.295 e. The Hall–Kier alpha value is -2.02. The molecule has 1 saturated heterocycles. The van der Waals surface area contributed by atoms with E-state index in [1.165, 1.54) is 0 Å². The van der Waals surface area contributed by atoms with Gasteiger partial charge in [-0.05, 0) is 37.6 Å². The molecule has 5 nitrogen and oxygen atoms in total. The number of hydrogen-bond acceptors (Lipinski definition) is 3. The van der Waals surface area contributed by atoms with Gasteiger partial charge in [0.2, 0.25) is 5.91 Å². The standard InChI is InChI=1S/C13H14F2N4O/c14-11(15)12-18-8-4-3-7(6-10(8)19-12)17-13(20)9-2-1-5-16-9/h3-4,6,9,11,16H,1-2,5H2,(H,17,20)(H,18,19). The van der Waals surface area contributed by atoms with Crippen LogP contribution >= 0.6 is 0 Å². The molecule has 1 aromatic heterocycles. The fraction of sp³-hybridized carbons (Fsp3) is 0.385. The Bertz CT molecular complexity index is 634. The number of carbonyl (C=O) groups is 1. The number of amides is 1. The van der Waals surface area contributed by atoms with Crippen molar-refractivity contribution in [3.63, 3.8) is 0 Å². The van der Waals surface area contributed by atoms with Crippen LogP contribution < -0.4 is 10.6 Å². The number of aromatic amines is 1. The van der Waals surface area contributed by atoms with Gasteiger partial charge in [0, 0.05) is 5.69 Å². The zero-order valence-electron chi connectivity index (χ0n) is 10.6. The number of nitrogens with zero attached hydrogens (tertiary/aromatic N) is 1. The Morgan fingerprint density at radius 1 is 1.45 bits per heavy atom. The number of alkyl halides is 2. The van der Waals surface area contributed by atoms with Crippen molar-refractivity contribution in [2.75, 3.05) is 11.9 Å². The number of H-pyrrole nitrogens is 1. The van der Waals surface area contributed by atoms with Gasteiger partial charge < -0.3 is 15.6 Å². The maximum absolute atomic E-state index is 12.5. The lowest BCUT2D eigenvalue weighted by Crippen LogP contribution is -2.35. The van der Waals surface area contributed by atoms with Gasteiger partial charge in [0.15, 0.2) is 5.82 Å². The number of imidazole rings is 1. The van der Waals surface area contributed by atoms with Gasteiger partial charge in [-0.15, -0.1) is 0 Å². The SMILES string of the molecule is O=C(Nc1ccc2nc(C(F)F)[nH]c2c1)C1CCCN1. The van der Waals surface area contributed by atoms with Crippen molar-refractivity contribution in [2.24, 2.45) is 0 Å². The summed E-state index contributed by atoms with van der Waals surface area (Å²) in [6.45, 7) is 0.843. The lowest BCUT2D eigenvalue weighted by atomic mass is 10.2. The largest absolute Gasteiger partial charge is 0.337 e. The molecule has 0 aliphatic carbocycles. The van der Waals surface area contributed by atoms with E-state index in [-0.39, 0.29) is 17.8 Å². The molecule has 7 heteroatoms. The zero-order valence-corrected chi connectivity index (χ0v) is 10.6. The molecular formula is C13H14F2N4O. The first-order valence-corrected chi connectivity index (χ1v) is 6.45. The van der Waals surface area contributed by atoms with Gasteiger partial charge in [-0.25, -0.2) is 13.8 Å². The summed E-state index contributed by atoms with van der Waals surface area (Å²) in [5, 5.41) is 5.88. The van der Waals surface area contributed by atoms with E-state index in [1.54, 1.807) is 18.2 Å². The van der Waals surface area contributed by atoms with E-state index < -0.39 is 6.43 Å². The molecular weight excluding hydrogens is 266 g/mol. The summed E-state index contributed by atoms with van der Waals surface area (Å²) >= 11 is 0. The van der Waals surface area contributed by atoms with Crippen LogP contribution in [0.25, 0.3) is 11.0 Å². The predicted octanol–water partition coefficient (Wildman–Crippen LogP) is 2.19. The third kappa shape index (κ3) is 2.49. The van der Waals surface area contributed by atoms with Crippen molar-refractivity contribution in [1.29, 1.82) is 0 Å². The summed E-state index contributed by atoms with van der Waals surface area (Å²) in [4.78, 5) is 18.3. The van der Waals surface area contributed by atoms with Gasteiger partial charge in [0.1, 0.15) is 0 Å². The normalized spacial score (nSPS) is 18.9. The summed E-state index contributed by atoms with van der Waals surface area (Å²) < 4.78 is 25.1. The van der Waals surface area contributed by atoms with Crippen molar-refractivity contribution >= 4 is 22.6 Å². The number of hydrogen-bond donors (Lipinski definition) is 3. The van der Waals surface area contributed by atoms with Crippen LogP contribution in [-0.2, 0) is 4.79 Å². The van der Waals surface area contributed by atoms with E-state index in [0.717, 1.165) is 19.4 Å². The Kier molecular flexibility index (Phi) is 3.35. The molecule has 1 aliphatic rings. The van der Waals surface area contributed by atoms with Crippen LogP contribution in [0.15, 0.2) is 18.2 Å². The molecule has 3 N–H and O–H groups in total. The van der Waals surface area contributed by atoms with Gasteiger partial charge >= 0.3 is 0 Å². The number of anilines is 1. The van der Waals surface area contributed by atoms with Crippen LogP contribution in [-0.4, -0.2) is 28.5 Å². The number of aromatic nitrogens is 2. The van der Waals surface area contributed by atoms with Crippen LogP contribution in [0.4, 0.5) is 14.5 Å². The Morgan fingerprint density at radius 3 is 3.00 bits per heavy atom. The van der Waals surface area contributed by atoms with Crippen LogP contribution in [0.2, 0.25) is 0 Å². The van der Waals surface area contributed by atoms with Gasteiger partial charge in [-0.3, -0.25) is 4.79 Å². The highest BCUT2D eigenvalue weighted by atomic mass is 19.3. The summed E-state index contributed by atoms with van der Waals surface area (Å²) in [5.74, 6) is -0.462. The van der Waals surface area contributed by atoms with Crippen molar-refractivity contribution in [1.82, 2.24) is 15.3 Å². The summed E-state index contributed by atoms with van der Waals surface area (Å²) in [7, 11) is 0. The van der Waals surface area contributed by atoms with E-state index in [1.807, 2.05) is 0 Å². The Morgan fingerprint density at radius 2 is 2.30 bits per heavy atom. The molecule has 0 saturated carbocycles. The van der Waals surface area contributed by atoms with E-state index >= 15 is 0 Å². The molecule has 0 radical (unpaired) electrons. The van der Waals surface area contributed by atoms with Crippen molar-refractivity contribution in [3.8, 4) is 0 Å². The first-order valence-electron chi connectivity index (χ1n) is 6.45. The Labute approximate surface area is 113 Å². The van der Waals surface area contributed by atoms with Gasteiger partial charge in [-0.1, -0.05) is 0 Å². The van der Waals surface area contributed by atoms with E-state index in [0.29, 0.717) is 16.7 Å². The zero-order chi connectivity index (χ0) is 14.1. The quantitative estimate of drug-likeness (QED) is 0.807. The molecule has 1 atom stereocenters. The van der Waals surface area contributed by atoms with Crippen LogP contribution in [0.5, 0.6) is 0 Å². The van der Waals surface area contributed by atoms with E-state index in [4.69, 9.17) is 0 Å². The number of nitrogens with one attached hydrogen (secondary N) is 3. The van der Waals surface area contributed by atoms with Gasteiger partial charge in [-0.2, -0.15) is 0 Å². The molecule has 20 heavy (non-hydrogen) atoms. The number of carbonyl (C=O) groups excluding carboxylic acids is 1. The average Bonchev–Trinajstić information content (AvgIpc) is 3.07. The van der Waals surface area contributed by atoms with Crippen LogP contribution in [0.1, 0.15) is 25.1 Å². The highest BCUT2D eigenvalue weighted by Crippen LogP contribution is 2.22. The number of rotatable bonds is 3. The minimum absolute atomic E-state index is 0.101. The molecule has 1 aliphatic heterocycles. The second kappa shape index (κ2) is 5.16. The highest BCUT2D eigenvalue weighted by molar-refractivity contribution is 5.96. The second-order valence-corrected chi connectivity index (χ2v) is 4.79.